The molecule has 0 aromatic carbocycles. The van der Waals surface area contributed by atoms with Crippen molar-refractivity contribution in [1.29, 1.82) is 0 Å². The summed E-state index contributed by atoms with van der Waals surface area (Å²) in [7, 11) is 2.27. The van der Waals surface area contributed by atoms with Crippen LogP contribution in [0.4, 0.5) is 0 Å². The molecule has 19 heavy (non-hydrogen) atoms. The third-order valence-electron chi connectivity index (χ3n) is 4.38. The normalized spacial score (nSPS) is 27.4. The molecule has 0 radical (unpaired) electrons. The second-order valence-electron chi connectivity index (χ2n) is 5.57. The summed E-state index contributed by atoms with van der Waals surface area (Å²) in [6.07, 6.45) is 4.95. The van der Waals surface area contributed by atoms with Crippen molar-refractivity contribution in [2.75, 3.05) is 39.9 Å². The second-order valence-corrected chi connectivity index (χ2v) is 5.95. The lowest BCUT2D eigenvalue weighted by Gasteiger charge is -2.28. The van der Waals surface area contributed by atoms with Crippen molar-refractivity contribution >= 4 is 17.3 Å². The fourth-order valence-electron chi connectivity index (χ4n) is 3.12. The fourth-order valence-corrected chi connectivity index (χ4v) is 3.39. The minimum Gasteiger partial charge on any atom is -0.382 e. The number of nitrogens with one attached hydrogen (secondary N) is 1. The van der Waals surface area contributed by atoms with E-state index in [2.05, 4.69) is 22.2 Å². The molecule has 0 aliphatic carbocycles. The van der Waals surface area contributed by atoms with Crippen molar-refractivity contribution < 1.29 is 4.74 Å². The third kappa shape index (κ3) is 4.04. The van der Waals surface area contributed by atoms with Gasteiger partial charge in [0.25, 0.3) is 0 Å². The van der Waals surface area contributed by atoms with Gasteiger partial charge in [0.05, 0.1) is 0 Å². The van der Waals surface area contributed by atoms with Crippen LogP contribution < -0.4 is 5.32 Å². The average molecular weight is 285 g/mol. The van der Waals surface area contributed by atoms with E-state index in [0.29, 0.717) is 6.04 Å². The van der Waals surface area contributed by atoms with Crippen LogP contribution in [0.15, 0.2) is 0 Å². The van der Waals surface area contributed by atoms with Gasteiger partial charge in [-0.15, -0.1) is 0 Å². The van der Waals surface area contributed by atoms with Gasteiger partial charge in [-0.25, -0.2) is 0 Å². The van der Waals surface area contributed by atoms with Gasteiger partial charge in [-0.3, -0.25) is 4.90 Å². The predicted molar refractivity (Wildman–Crippen MR) is 82.5 cm³/mol. The molecule has 2 atom stereocenters. The highest BCUT2D eigenvalue weighted by atomic mass is 32.1. The first-order valence-corrected chi connectivity index (χ1v) is 7.95. The molecule has 2 bridgehead atoms. The van der Waals surface area contributed by atoms with E-state index in [-0.39, 0.29) is 0 Å². The summed E-state index contributed by atoms with van der Waals surface area (Å²) in [6.45, 7) is 6.75. The first kappa shape index (κ1) is 15.0. The Morgan fingerprint density at radius 1 is 1.32 bits per heavy atom. The highest BCUT2D eigenvalue weighted by Crippen LogP contribution is 2.28. The Morgan fingerprint density at radius 3 is 2.89 bits per heavy atom. The maximum absolute atomic E-state index is 5.52. The third-order valence-corrected chi connectivity index (χ3v) is 4.78. The summed E-state index contributed by atoms with van der Waals surface area (Å²) in [5, 5.41) is 4.30. The molecule has 2 heterocycles. The lowest BCUT2D eigenvalue weighted by atomic mass is 10.1. The number of likely N-dealkylation sites (N-methyl/N-ethyl adjacent to an activating group) is 1. The summed E-state index contributed by atoms with van der Waals surface area (Å²) < 4.78 is 5.33. The summed E-state index contributed by atoms with van der Waals surface area (Å²) in [6, 6.07) is 1.46. The molecular weight excluding hydrogens is 258 g/mol. The predicted octanol–water partition coefficient (Wildman–Crippen LogP) is 1.46. The number of hydrogen-bond donors (Lipinski definition) is 1. The molecule has 0 amide bonds. The van der Waals surface area contributed by atoms with Crippen LogP contribution in [0, 0.1) is 0 Å². The van der Waals surface area contributed by atoms with Gasteiger partial charge in [-0.1, -0.05) is 0 Å². The van der Waals surface area contributed by atoms with E-state index in [1.807, 2.05) is 6.92 Å². The Labute approximate surface area is 122 Å². The zero-order chi connectivity index (χ0) is 13.7. The Kier molecular flexibility index (Phi) is 5.85. The van der Waals surface area contributed by atoms with Crippen LogP contribution >= 0.6 is 12.2 Å². The molecule has 110 valence electrons. The van der Waals surface area contributed by atoms with E-state index in [4.69, 9.17) is 17.0 Å². The number of nitrogens with zero attached hydrogens (tertiary/aromatic N) is 2. The smallest absolute Gasteiger partial charge is 0.168 e. The van der Waals surface area contributed by atoms with Crippen molar-refractivity contribution in [2.24, 2.45) is 0 Å². The number of likely N-dealkylation sites (tertiary alicyclic amines) is 1. The van der Waals surface area contributed by atoms with Crippen LogP contribution in [0.25, 0.3) is 0 Å². The van der Waals surface area contributed by atoms with E-state index in [0.717, 1.165) is 50.4 Å². The Bertz CT molecular complexity index is 300. The van der Waals surface area contributed by atoms with Crippen LogP contribution in [0.1, 0.15) is 32.6 Å². The minimum absolute atomic E-state index is 0.690. The molecule has 2 aliphatic rings. The van der Waals surface area contributed by atoms with Crippen molar-refractivity contribution in [3.8, 4) is 0 Å². The van der Waals surface area contributed by atoms with E-state index >= 15 is 0 Å². The standard InChI is InChI=1S/C14H27N3OS/c1-3-18-10-4-8-15-14(19)17-9-7-12-5-6-13(11-17)16(12)2/h12-13H,3-11H2,1-2H3,(H,15,19). The van der Waals surface area contributed by atoms with Gasteiger partial charge >= 0.3 is 0 Å². The van der Waals surface area contributed by atoms with Crippen LogP contribution in [0.5, 0.6) is 0 Å². The zero-order valence-corrected chi connectivity index (χ0v) is 13.0. The van der Waals surface area contributed by atoms with E-state index < -0.39 is 0 Å². The fraction of sp³-hybridized carbons (Fsp3) is 0.929. The highest BCUT2D eigenvalue weighted by Gasteiger charge is 2.35. The molecule has 4 nitrogen and oxygen atoms in total. The Morgan fingerprint density at radius 2 is 2.11 bits per heavy atom. The van der Waals surface area contributed by atoms with Crippen LogP contribution in [-0.2, 0) is 4.74 Å². The molecule has 2 fully saturated rings. The zero-order valence-electron chi connectivity index (χ0n) is 12.2. The maximum Gasteiger partial charge on any atom is 0.168 e. The molecular formula is C14H27N3OS. The average Bonchev–Trinajstić information content (AvgIpc) is 2.62. The van der Waals surface area contributed by atoms with Crippen LogP contribution in [-0.4, -0.2) is 66.9 Å². The van der Waals surface area contributed by atoms with E-state index in [9.17, 15) is 0 Å². The highest BCUT2D eigenvalue weighted by molar-refractivity contribution is 7.80. The number of thiocarbonyl (C=S) groups is 1. The molecule has 0 aromatic rings. The van der Waals surface area contributed by atoms with E-state index in [1.54, 1.807) is 0 Å². The largest absolute Gasteiger partial charge is 0.382 e. The minimum atomic E-state index is 0.690. The second kappa shape index (κ2) is 7.41. The summed E-state index contributed by atoms with van der Waals surface area (Å²) >= 11 is 5.52. The number of hydrogen-bond acceptors (Lipinski definition) is 3. The molecule has 2 saturated heterocycles. The maximum atomic E-state index is 5.52. The van der Waals surface area contributed by atoms with Crippen LogP contribution in [0.2, 0.25) is 0 Å². The number of fused-ring (bicyclic) bond motifs is 2. The summed E-state index contributed by atoms with van der Waals surface area (Å²) in [4.78, 5) is 4.91. The van der Waals surface area contributed by atoms with Crippen molar-refractivity contribution in [1.82, 2.24) is 15.1 Å². The monoisotopic (exact) mass is 285 g/mol. The molecule has 2 unspecified atom stereocenters. The quantitative estimate of drug-likeness (QED) is 0.610. The van der Waals surface area contributed by atoms with Gasteiger partial charge in [0, 0.05) is 44.9 Å². The Hall–Kier alpha value is -0.390. The molecule has 2 aliphatic heterocycles. The van der Waals surface area contributed by atoms with Gasteiger partial charge in [0.2, 0.25) is 0 Å². The number of ether oxygens (including phenoxy) is 1. The summed E-state index contributed by atoms with van der Waals surface area (Å²) in [5.74, 6) is 0. The molecule has 0 saturated carbocycles. The lowest BCUT2D eigenvalue weighted by Crippen LogP contribution is -2.44. The van der Waals surface area contributed by atoms with Crippen molar-refractivity contribution in [3.05, 3.63) is 0 Å². The molecule has 5 heteroatoms. The lowest BCUT2D eigenvalue weighted by molar-refractivity contribution is 0.145. The summed E-state index contributed by atoms with van der Waals surface area (Å²) in [5.41, 5.74) is 0. The topological polar surface area (TPSA) is 27.7 Å². The first-order chi connectivity index (χ1) is 9.22. The molecule has 2 rings (SSSR count). The molecule has 0 spiro atoms. The van der Waals surface area contributed by atoms with Gasteiger partial charge in [-0.2, -0.15) is 0 Å². The van der Waals surface area contributed by atoms with Gasteiger partial charge in [0.15, 0.2) is 5.11 Å². The van der Waals surface area contributed by atoms with Gasteiger partial charge in [0.1, 0.15) is 0 Å². The number of rotatable bonds is 5. The van der Waals surface area contributed by atoms with Crippen LogP contribution in [0.3, 0.4) is 0 Å². The SMILES string of the molecule is CCOCCCNC(=S)N1CCC2CCC(C1)N2C. The van der Waals surface area contributed by atoms with Gasteiger partial charge in [-0.05, 0) is 51.9 Å². The molecule has 1 N–H and O–H groups in total. The van der Waals surface area contributed by atoms with E-state index in [1.165, 1.54) is 19.3 Å². The molecule has 0 aromatic heterocycles. The van der Waals surface area contributed by atoms with Gasteiger partial charge < -0.3 is 15.0 Å². The van der Waals surface area contributed by atoms with Crippen molar-refractivity contribution in [3.63, 3.8) is 0 Å². The first-order valence-electron chi connectivity index (χ1n) is 7.54. The van der Waals surface area contributed by atoms with Crippen molar-refractivity contribution in [2.45, 2.75) is 44.7 Å². The Balaban J connectivity index is 1.71.